The maximum atomic E-state index is 13.7. The molecule has 3 amide bonds. The first-order valence-corrected chi connectivity index (χ1v) is 9.49. The number of halogens is 1. The Labute approximate surface area is 163 Å². The first-order valence-electron chi connectivity index (χ1n) is 9.49. The highest BCUT2D eigenvalue weighted by Gasteiger charge is 2.39. The van der Waals surface area contributed by atoms with E-state index in [0.29, 0.717) is 45.3 Å². The van der Waals surface area contributed by atoms with Crippen LogP contribution in [0.4, 0.5) is 14.9 Å². The average molecular weight is 385 g/mol. The van der Waals surface area contributed by atoms with E-state index in [2.05, 4.69) is 26.8 Å². The van der Waals surface area contributed by atoms with Gasteiger partial charge in [0.2, 0.25) is 5.91 Å². The molecule has 0 aromatic heterocycles. The minimum Gasteiger partial charge on any atom is -0.356 e. The van der Waals surface area contributed by atoms with Gasteiger partial charge in [0.25, 0.3) is 0 Å². The van der Waals surface area contributed by atoms with Crippen LogP contribution in [-0.2, 0) is 4.79 Å². The molecule has 2 heterocycles. The van der Waals surface area contributed by atoms with Gasteiger partial charge in [-0.2, -0.15) is 10.2 Å². The van der Waals surface area contributed by atoms with E-state index in [9.17, 15) is 14.0 Å². The molecule has 0 aliphatic carbocycles. The van der Waals surface area contributed by atoms with E-state index in [1.165, 1.54) is 12.1 Å². The number of nitrogens with zero attached hydrogens (tertiary/aromatic N) is 3. The Morgan fingerprint density at radius 1 is 1.32 bits per heavy atom. The number of benzene rings is 1. The molecule has 0 radical (unpaired) electrons. The van der Waals surface area contributed by atoms with Crippen LogP contribution in [0.15, 0.2) is 34.5 Å². The van der Waals surface area contributed by atoms with E-state index in [1.807, 2.05) is 0 Å². The number of terminal acetylenes is 1. The second kappa shape index (κ2) is 8.83. The van der Waals surface area contributed by atoms with Crippen molar-refractivity contribution in [3.05, 3.63) is 30.1 Å². The van der Waals surface area contributed by atoms with Gasteiger partial charge in [-0.1, -0.05) is 12.1 Å². The minimum atomic E-state index is -0.489. The van der Waals surface area contributed by atoms with Gasteiger partial charge in [0.1, 0.15) is 5.82 Å². The van der Waals surface area contributed by atoms with Crippen molar-refractivity contribution in [3.63, 3.8) is 0 Å². The molecule has 7 nitrogen and oxygen atoms in total. The number of carbonyl (C=O) groups excluding carboxylic acids is 2. The smallest absolute Gasteiger partial charge is 0.321 e. The zero-order valence-electron chi connectivity index (χ0n) is 15.7. The molecule has 0 spiro atoms. The molecular formula is C20H24FN5O2. The Balaban J connectivity index is 1.45. The lowest BCUT2D eigenvalue weighted by atomic mass is 9.97. The molecule has 1 saturated heterocycles. The number of likely N-dealkylation sites (tertiary alicyclic amines) is 1. The summed E-state index contributed by atoms with van der Waals surface area (Å²) in [5.74, 6) is 1.72. The molecule has 1 atom stereocenters. The topological polar surface area (TPSA) is 86.2 Å². The van der Waals surface area contributed by atoms with Gasteiger partial charge >= 0.3 is 6.03 Å². The summed E-state index contributed by atoms with van der Waals surface area (Å²) in [6.07, 6.45) is 8.64. The van der Waals surface area contributed by atoms with Crippen molar-refractivity contribution in [2.75, 3.05) is 25.0 Å². The van der Waals surface area contributed by atoms with E-state index < -0.39 is 17.5 Å². The Hall–Kier alpha value is -2.95. The lowest BCUT2D eigenvalue weighted by Crippen LogP contribution is -2.47. The predicted molar refractivity (Wildman–Crippen MR) is 103 cm³/mol. The van der Waals surface area contributed by atoms with Crippen LogP contribution in [0.5, 0.6) is 0 Å². The Bertz CT molecular complexity index is 798. The summed E-state index contributed by atoms with van der Waals surface area (Å²) in [4.78, 5) is 26.4. The summed E-state index contributed by atoms with van der Waals surface area (Å²) in [5.41, 5.74) is -0.286. The molecule has 2 N–H and O–H groups in total. The molecule has 148 valence electrons. The first kappa shape index (κ1) is 19.8. The molecule has 28 heavy (non-hydrogen) atoms. The van der Waals surface area contributed by atoms with E-state index >= 15 is 0 Å². The zero-order chi connectivity index (χ0) is 20.0. The fourth-order valence-corrected chi connectivity index (χ4v) is 3.33. The average Bonchev–Trinajstić information content (AvgIpc) is 3.48. The molecule has 2 aliphatic rings. The van der Waals surface area contributed by atoms with Crippen molar-refractivity contribution in [1.82, 2.24) is 10.2 Å². The van der Waals surface area contributed by atoms with Gasteiger partial charge in [-0.05, 0) is 25.0 Å². The summed E-state index contributed by atoms with van der Waals surface area (Å²) in [6.45, 7) is 1.31. The fourth-order valence-electron chi connectivity index (χ4n) is 3.33. The van der Waals surface area contributed by atoms with Crippen LogP contribution in [0.2, 0.25) is 0 Å². The Morgan fingerprint density at radius 2 is 2.11 bits per heavy atom. The number of nitrogens with one attached hydrogen (secondary N) is 2. The number of amides is 3. The summed E-state index contributed by atoms with van der Waals surface area (Å²) < 4.78 is 13.7. The number of piperidine rings is 1. The number of urea groups is 1. The van der Waals surface area contributed by atoms with Crippen molar-refractivity contribution in [1.29, 1.82) is 0 Å². The quantitative estimate of drug-likeness (QED) is 0.707. The zero-order valence-corrected chi connectivity index (χ0v) is 15.7. The third-order valence-corrected chi connectivity index (χ3v) is 5.07. The third-order valence-electron chi connectivity index (χ3n) is 5.07. The highest BCUT2D eigenvalue weighted by Crippen LogP contribution is 2.36. The van der Waals surface area contributed by atoms with Gasteiger partial charge < -0.3 is 15.5 Å². The molecule has 3 rings (SSSR count). The van der Waals surface area contributed by atoms with Crippen LogP contribution in [0, 0.1) is 24.1 Å². The number of para-hydroxylation sites is 1. The SMILES string of the molecule is C#CCCC1(CCNC(=O)C2CCCN(C(=O)Nc3ccccc3F)C2)N=N1. The van der Waals surface area contributed by atoms with Crippen LogP contribution in [0.25, 0.3) is 0 Å². The van der Waals surface area contributed by atoms with E-state index in [0.717, 1.165) is 6.42 Å². The molecule has 1 aromatic carbocycles. The lowest BCUT2D eigenvalue weighted by Gasteiger charge is -2.32. The van der Waals surface area contributed by atoms with E-state index in [4.69, 9.17) is 6.42 Å². The molecular weight excluding hydrogens is 361 g/mol. The summed E-state index contributed by atoms with van der Waals surface area (Å²) in [7, 11) is 0. The highest BCUT2D eigenvalue weighted by molar-refractivity contribution is 5.90. The summed E-state index contributed by atoms with van der Waals surface area (Å²) >= 11 is 0. The molecule has 1 unspecified atom stereocenters. The minimum absolute atomic E-state index is 0.0869. The number of carbonyl (C=O) groups is 2. The second-order valence-electron chi connectivity index (χ2n) is 7.12. The maximum absolute atomic E-state index is 13.7. The van der Waals surface area contributed by atoms with Crippen LogP contribution in [0.1, 0.15) is 32.1 Å². The van der Waals surface area contributed by atoms with E-state index in [-0.39, 0.29) is 17.5 Å². The highest BCUT2D eigenvalue weighted by atomic mass is 19.1. The van der Waals surface area contributed by atoms with Crippen LogP contribution in [-0.4, -0.2) is 42.1 Å². The third kappa shape index (κ3) is 5.06. The Kier molecular flexibility index (Phi) is 6.24. The largest absolute Gasteiger partial charge is 0.356 e. The molecule has 2 aliphatic heterocycles. The number of rotatable bonds is 7. The van der Waals surface area contributed by atoms with Crippen LogP contribution >= 0.6 is 0 Å². The summed E-state index contributed by atoms with van der Waals surface area (Å²) in [5, 5.41) is 13.6. The molecule has 0 saturated carbocycles. The number of anilines is 1. The van der Waals surface area contributed by atoms with Gasteiger partial charge in [-0.15, -0.1) is 12.3 Å². The molecule has 8 heteroatoms. The van der Waals surface area contributed by atoms with Gasteiger partial charge in [0.15, 0.2) is 5.66 Å². The first-order chi connectivity index (χ1) is 13.5. The molecule has 0 bridgehead atoms. The standard InChI is InChI=1S/C20H24FN5O2/c1-2-3-10-20(24-25-20)11-12-22-18(27)15-7-6-13-26(14-15)19(28)23-17-9-5-4-8-16(17)21/h1,4-5,8-9,15H,3,6-7,10-14H2,(H,22,27)(H,23,28). The monoisotopic (exact) mass is 385 g/mol. The fraction of sp³-hybridized carbons (Fsp3) is 0.500. The summed E-state index contributed by atoms with van der Waals surface area (Å²) in [6, 6.07) is 5.61. The van der Waals surface area contributed by atoms with Crippen molar-refractivity contribution < 1.29 is 14.0 Å². The van der Waals surface area contributed by atoms with Crippen molar-refractivity contribution in [2.45, 2.75) is 37.8 Å². The number of hydrogen-bond donors (Lipinski definition) is 2. The number of hydrogen-bond acceptors (Lipinski definition) is 4. The van der Waals surface area contributed by atoms with Gasteiger partial charge in [0, 0.05) is 38.9 Å². The molecule has 1 fully saturated rings. The normalized spacial score (nSPS) is 19.6. The maximum Gasteiger partial charge on any atom is 0.321 e. The van der Waals surface area contributed by atoms with Crippen LogP contribution < -0.4 is 10.6 Å². The van der Waals surface area contributed by atoms with Crippen molar-refractivity contribution in [2.24, 2.45) is 16.1 Å². The van der Waals surface area contributed by atoms with Gasteiger partial charge in [-0.25, -0.2) is 9.18 Å². The van der Waals surface area contributed by atoms with Gasteiger partial charge in [0.05, 0.1) is 11.6 Å². The predicted octanol–water partition coefficient (Wildman–Crippen LogP) is 3.15. The van der Waals surface area contributed by atoms with Crippen molar-refractivity contribution in [3.8, 4) is 12.3 Å². The Morgan fingerprint density at radius 3 is 2.82 bits per heavy atom. The van der Waals surface area contributed by atoms with Gasteiger partial charge in [-0.3, -0.25) is 4.79 Å². The lowest BCUT2D eigenvalue weighted by molar-refractivity contribution is -0.126. The molecule has 1 aromatic rings. The van der Waals surface area contributed by atoms with E-state index in [1.54, 1.807) is 17.0 Å². The second-order valence-corrected chi connectivity index (χ2v) is 7.12. The van der Waals surface area contributed by atoms with Crippen LogP contribution in [0.3, 0.4) is 0 Å². The van der Waals surface area contributed by atoms with Crippen molar-refractivity contribution >= 4 is 17.6 Å².